The van der Waals surface area contributed by atoms with Gasteiger partial charge in [-0.2, -0.15) is 0 Å². The Morgan fingerprint density at radius 2 is 1.49 bits per heavy atom. The molecule has 0 saturated carbocycles. The molecule has 2 aliphatic rings. The standard InChI is InChI=1S/C41H51N6O11P/c1-5-11-35(48)56-41(57-36(49)12-6-2)58-59(53)31-17-15-28(16-18-31)25-33(39(51)45-21-23-46(24-22-45)40(52)55-7-3)43-38(50)32-26-34(47-20-19-30(27-47)54-4)44-37(42-32)29-13-9-8-10-14-29/h8-10,13-18,26,30,33,41H,5-7,11-12,19-25,27H2,1-4H3/p+1. The second kappa shape index (κ2) is 22.0. The lowest BCUT2D eigenvalue weighted by molar-refractivity contribution is -0.233. The minimum absolute atomic E-state index is 0.0119. The summed E-state index contributed by atoms with van der Waals surface area (Å²) in [5.41, 5.74) is 1.39. The van der Waals surface area contributed by atoms with Crippen molar-refractivity contribution in [3.05, 3.63) is 71.9 Å². The summed E-state index contributed by atoms with van der Waals surface area (Å²) in [7, 11) is -0.998. The van der Waals surface area contributed by atoms with Gasteiger partial charge in [0.25, 0.3) is 5.91 Å². The SMILES string of the molecule is CCCC(=O)OC(OC(=O)CCC)O[P+](=O)c1ccc(CC(NC(=O)c2cc(N3CCC(OC)C3)nc(-c3ccccc3)n2)C(=O)N2CCN(C(=O)OCC)CC2)cc1. The third-order valence-corrected chi connectivity index (χ3v) is 10.7. The summed E-state index contributed by atoms with van der Waals surface area (Å²) in [6.45, 7) is 5.91. The number of ether oxygens (including phenoxy) is 4. The molecule has 0 radical (unpaired) electrons. The quantitative estimate of drug-likeness (QED) is 0.108. The molecule has 17 nitrogen and oxygen atoms in total. The maximum Gasteiger partial charge on any atom is 0.556 e. The molecule has 3 heterocycles. The van der Waals surface area contributed by atoms with E-state index in [0.717, 1.165) is 6.42 Å². The third kappa shape index (κ3) is 12.7. The van der Waals surface area contributed by atoms with Gasteiger partial charge in [-0.25, -0.2) is 14.8 Å². The number of esters is 2. The van der Waals surface area contributed by atoms with Crippen molar-refractivity contribution >= 4 is 49.0 Å². The van der Waals surface area contributed by atoms with Crippen molar-refractivity contribution in [1.82, 2.24) is 25.1 Å². The number of carbonyl (C=O) groups excluding carboxylic acids is 5. The van der Waals surface area contributed by atoms with Gasteiger partial charge in [-0.3, -0.25) is 19.2 Å². The molecule has 3 atom stereocenters. The van der Waals surface area contributed by atoms with E-state index in [1.165, 1.54) is 17.0 Å². The van der Waals surface area contributed by atoms with Crippen molar-refractivity contribution in [3.8, 4) is 11.4 Å². The Labute approximate surface area is 344 Å². The number of hydrogen-bond donors (Lipinski definition) is 1. The van der Waals surface area contributed by atoms with Crippen molar-refractivity contribution in [1.29, 1.82) is 0 Å². The lowest BCUT2D eigenvalue weighted by Crippen LogP contribution is -2.56. The summed E-state index contributed by atoms with van der Waals surface area (Å²) in [5, 5.41) is 3.12. The van der Waals surface area contributed by atoms with E-state index in [9.17, 15) is 28.5 Å². The van der Waals surface area contributed by atoms with E-state index < -0.39 is 44.5 Å². The highest BCUT2D eigenvalue weighted by atomic mass is 31.1. The van der Waals surface area contributed by atoms with Gasteiger partial charge in [-0.05, 0) is 48.4 Å². The molecule has 18 heteroatoms. The van der Waals surface area contributed by atoms with Gasteiger partial charge in [-0.1, -0.05) is 60.8 Å². The van der Waals surface area contributed by atoms with Gasteiger partial charge in [0.1, 0.15) is 17.6 Å². The highest BCUT2D eigenvalue weighted by Gasteiger charge is 2.35. The summed E-state index contributed by atoms with van der Waals surface area (Å²) in [6.07, 6.45) is 1.45. The zero-order valence-corrected chi connectivity index (χ0v) is 34.8. The van der Waals surface area contributed by atoms with Gasteiger partial charge in [-0.15, -0.1) is 0 Å². The zero-order chi connectivity index (χ0) is 42.3. The Balaban J connectivity index is 1.38. The molecule has 5 rings (SSSR count). The van der Waals surface area contributed by atoms with Gasteiger partial charge >= 0.3 is 32.5 Å². The molecule has 316 valence electrons. The molecule has 1 N–H and O–H groups in total. The number of hydrogen-bond acceptors (Lipinski definition) is 14. The molecule has 0 aliphatic carbocycles. The fourth-order valence-corrected chi connectivity index (χ4v) is 7.23. The molecule has 2 saturated heterocycles. The van der Waals surface area contributed by atoms with Crippen LogP contribution in [0.3, 0.4) is 0 Å². The Morgan fingerprint density at radius 3 is 2.08 bits per heavy atom. The number of carbonyl (C=O) groups is 5. The van der Waals surface area contributed by atoms with Crippen LogP contribution < -0.4 is 15.5 Å². The van der Waals surface area contributed by atoms with Crippen LogP contribution in [0.1, 0.15) is 68.9 Å². The van der Waals surface area contributed by atoms with Crippen LogP contribution in [0.25, 0.3) is 11.4 Å². The highest BCUT2D eigenvalue weighted by Crippen LogP contribution is 2.27. The van der Waals surface area contributed by atoms with Gasteiger partial charge in [0.2, 0.25) is 11.2 Å². The number of amides is 3. The summed E-state index contributed by atoms with van der Waals surface area (Å²) >= 11 is 0. The molecule has 0 bridgehead atoms. The van der Waals surface area contributed by atoms with Crippen LogP contribution in [0.4, 0.5) is 10.6 Å². The third-order valence-electron chi connectivity index (χ3n) is 9.63. The lowest BCUT2D eigenvalue weighted by Gasteiger charge is -2.36. The van der Waals surface area contributed by atoms with Crippen LogP contribution in [-0.4, -0.2) is 121 Å². The highest BCUT2D eigenvalue weighted by molar-refractivity contribution is 7.48. The summed E-state index contributed by atoms with van der Waals surface area (Å²) in [6, 6.07) is 16.1. The summed E-state index contributed by atoms with van der Waals surface area (Å²) < 4.78 is 39.6. The van der Waals surface area contributed by atoms with Gasteiger partial charge in [0.05, 0.1) is 12.7 Å². The first-order valence-corrected chi connectivity index (χ1v) is 21.0. The first-order chi connectivity index (χ1) is 28.5. The maximum atomic E-state index is 14.2. The first-order valence-electron chi connectivity index (χ1n) is 19.9. The normalized spacial score (nSPS) is 16.1. The van der Waals surface area contributed by atoms with E-state index in [0.29, 0.717) is 48.7 Å². The number of rotatable bonds is 18. The van der Waals surface area contributed by atoms with Crippen LogP contribution in [-0.2, 0) is 48.8 Å². The van der Waals surface area contributed by atoms with Crippen molar-refractivity contribution in [2.24, 2.45) is 0 Å². The monoisotopic (exact) mass is 835 g/mol. The Kier molecular flexibility index (Phi) is 16.6. The second-order valence-corrected chi connectivity index (χ2v) is 15.2. The summed E-state index contributed by atoms with van der Waals surface area (Å²) in [4.78, 5) is 79.7. The molecule has 3 amide bonds. The molecule has 2 aromatic carbocycles. The maximum absolute atomic E-state index is 14.2. The van der Waals surface area contributed by atoms with Crippen molar-refractivity contribution in [2.45, 2.75) is 77.9 Å². The first kappa shape index (κ1) is 44.6. The molecule has 59 heavy (non-hydrogen) atoms. The van der Waals surface area contributed by atoms with Gasteiger partial charge in [0, 0.05) is 77.3 Å². The Hall–Kier alpha value is -5.51. The topological polar surface area (TPSA) is 196 Å². The molecule has 3 unspecified atom stereocenters. The fraction of sp³-hybridized carbons (Fsp3) is 0.488. The van der Waals surface area contributed by atoms with Gasteiger partial charge < -0.3 is 39.0 Å². The van der Waals surface area contributed by atoms with Crippen LogP contribution in [0.5, 0.6) is 0 Å². The number of nitrogens with one attached hydrogen (secondary N) is 1. The van der Waals surface area contributed by atoms with Gasteiger partial charge in [0.15, 0.2) is 5.82 Å². The molecule has 1 aromatic heterocycles. The van der Waals surface area contributed by atoms with Crippen LogP contribution in [0.15, 0.2) is 60.7 Å². The lowest BCUT2D eigenvalue weighted by atomic mass is 10.0. The molecule has 2 aliphatic heterocycles. The minimum Gasteiger partial charge on any atom is -0.450 e. The predicted octanol–water partition coefficient (Wildman–Crippen LogP) is 4.37. The number of anilines is 1. The Morgan fingerprint density at radius 1 is 0.847 bits per heavy atom. The smallest absolute Gasteiger partial charge is 0.450 e. The number of benzene rings is 2. The molecular weight excluding hydrogens is 783 g/mol. The number of methoxy groups -OCH3 is 1. The minimum atomic E-state index is -2.66. The van der Waals surface area contributed by atoms with Crippen molar-refractivity contribution < 1.29 is 52.0 Å². The number of aromatic nitrogens is 2. The van der Waals surface area contributed by atoms with E-state index in [1.54, 1.807) is 51.0 Å². The average molecular weight is 836 g/mol. The molecule has 0 spiro atoms. The van der Waals surface area contributed by atoms with E-state index in [2.05, 4.69) is 10.3 Å². The van der Waals surface area contributed by atoms with Crippen molar-refractivity contribution in [3.63, 3.8) is 0 Å². The average Bonchev–Trinajstić information content (AvgIpc) is 3.73. The van der Waals surface area contributed by atoms with Crippen LogP contribution in [0.2, 0.25) is 0 Å². The predicted molar refractivity (Wildman–Crippen MR) is 216 cm³/mol. The number of piperazine rings is 1. The molecule has 3 aromatic rings. The van der Waals surface area contributed by atoms with E-state index in [1.807, 2.05) is 35.2 Å². The zero-order valence-electron chi connectivity index (χ0n) is 33.9. The van der Waals surface area contributed by atoms with Crippen LogP contribution in [0, 0.1) is 0 Å². The number of nitrogens with zero attached hydrogens (tertiary/aromatic N) is 5. The largest absolute Gasteiger partial charge is 0.556 e. The second-order valence-electron chi connectivity index (χ2n) is 13.9. The molecule has 2 fully saturated rings. The van der Waals surface area contributed by atoms with E-state index in [-0.39, 0.29) is 75.1 Å². The van der Waals surface area contributed by atoms with Crippen LogP contribution >= 0.6 is 8.03 Å². The van der Waals surface area contributed by atoms with Crippen molar-refractivity contribution in [2.75, 3.05) is 57.9 Å². The summed E-state index contributed by atoms with van der Waals surface area (Å²) in [5.74, 6) is -1.41. The molecular formula is C41H52N6O11P+. The van der Waals surface area contributed by atoms with E-state index in [4.69, 9.17) is 28.5 Å². The Bertz CT molecular complexity index is 1910. The fourth-order valence-electron chi connectivity index (χ4n) is 6.47. The van der Waals surface area contributed by atoms with E-state index >= 15 is 0 Å².